The molecule has 7 heteroatoms. The van der Waals surface area contributed by atoms with Crippen LogP contribution in [0.25, 0.3) is 0 Å². The van der Waals surface area contributed by atoms with E-state index in [1.54, 1.807) is 12.1 Å². The third-order valence-corrected chi connectivity index (χ3v) is 3.80. The average Bonchev–Trinajstić information content (AvgIpc) is 2.61. The van der Waals surface area contributed by atoms with Gasteiger partial charge in [-0.3, -0.25) is 4.79 Å². The van der Waals surface area contributed by atoms with Crippen molar-refractivity contribution in [2.24, 2.45) is 0 Å². The predicted molar refractivity (Wildman–Crippen MR) is 96.4 cm³/mol. The molecule has 1 heterocycles. The molecule has 0 saturated heterocycles. The minimum Gasteiger partial charge on any atom is -0.357 e. The van der Waals surface area contributed by atoms with Crippen molar-refractivity contribution in [1.82, 2.24) is 4.98 Å². The van der Waals surface area contributed by atoms with E-state index in [1.165, 1.54) is 24.4 Å². The number of hydrogen-bond donors (Lipinski definition) is 1. The van der Waals surface area contributed by atoms with Crippen LogP contribution in [0.3, 0.4) is 0 Å². The standard InChI is InChI=1S/C19H22F3N3O/c1-3-11-25(12-4-2)17-10-9-14(13-23-17)18(26)24-16-8-6-5-7-15(16)19(20,21)22/h5-10,13H,3-4,11-12H2,1-2H3,(H,24,26). The molecular formula is C19H22F3N3O. The van der Waals surface area contributed by atoms with Gasteiger partial charge >= 0.3 is 6.18 Å². The van der Waals surface area contributed by atoms with E-state index in [2.05, 4.69) is 29.0 Å². The molecule has 0 radical (unpaired) electrons. The maximum absolute atomic E-state index is 13.0. The Bertz CT molecular complexity index is 724. The number of carbonyl (C=O) groups excluding carboxylic acids is 1. The molecule has 26 heavy (non-hydrogen) atoms. The molecule has 1 aromatic heterocycles. The van der Waals surface area contributed by atoms with Gasteiger partial charge in [0.15, 0.2) is 0 Å². The molecule has 1 N–H and O–H groups in total. The average molecular weight is 365 g/mol. The van der Waals surface area contributed by atoms with Crippen molar-refractivity contribution in [1.29, 1.82) is 0 Å². The van der Waals surface area contributed by atoms with Crippen LogP contribution in [0.4, 0.5) is 24.7 Å². The van der Waals surface area contributed by atoms with Gasteiger partial charge in [0, 0.05) is 19.3 Å². The molecule has 140 valence electrons. The highest BCUT2D eigenvalue weighted by molar-refractivity contribution is 6.04. The molecule has 0 saturated carbocycles. The van der Waals surface area contributed by atoms with Crippen LogP contribution in [-0.4, -0.2) is 24.0 Å². The lowest BCUT2D eigenvalue weighted by molar-refractivity contribution is -0.136. The van der Waals surface area contributed by atoms with Gasteiger partial charge in [-0.1, -0.05) is 26.0 Å². The molecule has 2 rings (SSSR count). The van der Waals surface area contributed by atoms with Gasteiger partial charge in [-0.15, -0.1) is 0 Å². The lowest BCUT2D eigenvalue weighted by Crippen LogP contribution is -2.26. The molecule has 0 unspecified atom stereocenters. The third-order valence-electron chi connectivity index (χ3n) is 3.80. The lowest BCUT2D eigenvalue weighted by atomic mass is 10.1. The smallest absolute Gasteiger partial charge is 0.357 e. The molecule has 1 aromatic carbocycles. The summed E-state index contributed by atoms with van der Waals surface area (Å²) in [5, 5.41) is 2.32. The third kappa shape index (κ3) is 4.97. The van der Waals surface area contributed by atoms with Crippen LogP contribution in [0.1, 0.15) is 42.6 Å². The molecule has 0 atom stereocenters. The van der Waals surface area contributed by atoms with Crippen LogP contribution in [0.15, 0.2) is 42.6 Å². The number of nitrogens with one attached hydrogen (secondary N) is 1. The van der Waals surface area contributed by atoms with E-state index in [-0.39, 0.29) is 11.3 Å². The van der Waals surface area contributed by atoms with E-state index < -0.39 is 17.6 Å². The zero-order chi connectivity index (χ0) is 19.2. The van der Waals surface area contributed by atoms with Gasteiger partial charge in [-0.25, -0.2) is 4.98 Å². The van der Waals surface area contributed by atoms with Crippen molar-refractivity contribution in [2.45, 2.75) is 32.9 Å². The fourth-order valence-electron chi connectivity index (χ4n) is 2.62. The van der Waals surface area contributed by atoms with E-state index in [9.17, 15) is 18.0 Å². The van der Waals surface area contributed by atoms with Gasteiger partial charge in [0.05, 0.1) is 16.8 Å². The van der Waals surface area contributed by atoms with E-state index in [4.69, 9.17) is 0 Å². The van der Waals surface area contributed by atoms with Crippen molar-refractivity contribution in [2.75, 3.05) is 23.3 Å². The predicted octanol–water partition coefficient (Wildman–Crippen LogP) is 4.98. The second-order valence-corrected chi connectivity index (χ2v) is 5.89. The van der Waals surface area contributed by atoms with Crippen LogP contribution >= 0.6 is 0 Å². The Morgan fingerprint density at radius 2 is 1.73 bits per heavy atom. The molecule has 4 nitrogen and oxygen atoms in total. The zero-order valence-corrected chi connectivity index (χ0v) is 14.8. The molecule has 0 bridgehead atoms. The highest BCUT2D eigenvalue weighted by atomic mass is 19.4. The number of benzene rings is 1. The number of hydrogen-bond acceptors (Lipinski definition) is 3. The molecule has 1 amide bonds. The quantitative estimate of drug-likeness (QED) is 0.753. The number of halogens is 3. The molecule has 0 aliphatic rings. The lowest BCUT2D eigenvalue weighted by Gasteiger charge is -2.22. The summed E-state index contributed by atoms with van der Waals surface area (Å²) in [4.78, 5) is 18.7. The topological polar surface area (TPSA) is 45.2 Å². The maximum Gasteiger partial charge on any atom is 0.418 e. The number of carbonyl (C=O) groups is 1. The molecule has 0 fully saturated rings. The second kappa shape index (κ2) is 8.69. The number of nitrogens with zero attached hydrogens (tertiary/aromatic N) is 2. The van der Waals surface area contributed by atoms with Gasteiger partial charge in [0.25, 0.3) is 5.91 Å². The van der Waals surface area contributed by atoms with Crippen LogP contribution in [0.5, 0.6) is 0 Å². The van der Waals surface area contributed by atoms with Gasteiger partial charge < -0.3 is 10.2 Å². The van der Waals surface area contributed by atoms with Crippen molar-refractivity contribution in [3.8, 4) is 0 Å². The highest BCUT2D eigenvalue weighted by Gasteiger charge is 2.33. The maximum atomic E-state index is 13.0. The van der Waals surface area contributed by atoms with E-state index >= 15 is 0 Å². The summed E-state index contributed by atoms with van der Waals surface area (Å²) >= 11 is 0. The Labute approximate surface area is 151 Å². The first-order valence-electron chi connectivity index (χ1n) is 8.55. The number of alkyl halides is 3. The Balaban J connectivity index is 2.16. The summed E-state index contributed by atoms with van der Waals surface area (Å²) < 4.78 is 39.1. The van der Waals surface area contributed by atoms with Crippen LogP contribution in [0.2, 0.25) is 0 Å². The van der Waals surface area contributed by atoms with Gasteiger partial charge in [-0.05, 0) is 37.1 Å². The van der Waals surface area contributed by atoms with Crippen molar-refractivity contribution >= 4 is 17.4 Å². The number of para-hydroxylation sites is 1. The Kier molecular flexibility index (Phi) is 6.60. The number of pyridine rings is 1. The fourth-order valence-corrected chi connectivity index (χ4v) is 2.62. The summed E-state index contributed by atoms with van der Waals surface area (Å²) in [7, 11) is 0. The second-order valence-electron chi connectivity index (χ2n) is 5.89. The Hall–Kier alpha value is -2.57. The van der Waals surface area contributed by atoms with Crippen LogP contribution in [0, 0.1) is 0 Å². The normalized spacial score (nSPS) is 11.3. The van der Waals surface area contributed by atoms with E-state index in [0.717, 1.165) is 37.8 Å². The Morgan fingerprint density at radius 3 is 2.27 bits per heavy atom. The molecule has 0 aliphatic heterocycles. The fraction of sp³-hybridized carbons (Fsp3) is 0.368. The number of rotatable bonds is 7. The molecule has 0 spiro atoms. The first kappa shape index (κ1) is 19.8. The first-order valence-corrected chi connectivity index (χ1v) is 8.55. The minimum absolute atomic E-state index is 0.207. The van der Waals surface area contributed by atoms with E-state index in [1.807, 2.05) is 0 Å². The first-order chi connectivity index (χ1) is 12.4. The summed E-state index contributed by atoms with van der Waals surface area (Å²) in [5.41, 5.74) is -0.943. The number of anilines is 2. The molecule has 0 aliphatic carbocycles. The van der Waals surface area contributed by atoms with Gasteiger partial charge in [0.2, 0.25) is 0 Å². The number of aromatic nitrogens is 1. The summed E-state index contributed by atoms with van der Waals surface area (Å²) in [6.45, 7) is 5.85. The van der Waals surface area contributed by atoms with Crippen LogP contribution in [-0.2, 0) is 6.18 Å². The van der Waals surface area contributed by atoms with Crippen molar-refractivity contribution < 1.29 is 18.0 Å². The minimum atomic E-state index is -4.53. The Morgan fingerprint density at radius 1 is 1.08 bits per heavy atom. The van der Waals surface area contributed by atoms with Crippen LogP contribution < -0.4 is 10.2 Å². The summed E-state index contributed by atoms with van der Waals surface area (Å²) in [6, 6.07) is 8.18. The van der Waals surface area contributed by atoms with Crippen molar-refractivity contribution in [3.63, 3.8) is 0 Å². The monoisotopic (exact) mass is 365 g/mol. The molecule has 2 aromatic rings. The van der Waals surface area contributed by atoms with Gasteiger partial charge in [-0.2, -0.15) is 13.2 Å². The van der Waals surface area contributed by atoms with Gasteiger partial charge in [0.1, 0.15) is 5.82 Å². The van der Waals surface area contributed by atoms with E-state index in [0.29, 0.717) is 0 Å². The van der Waals surface area contributed by atoms with Crippen molar-refractivity contribution in [3.05, 3.63) is 53.7 Å². The largest absolute Gasteiger partial charge is 0.418 e. The summed E-state index contributed by atoms with van der Waals surface area (Å²) in [5.74, 6) is 0.124. The highest BCUT2D eigenvalue weighted by Crippen LogP contribution is 2.34. The zero-order valence-electron chi connectivity index (χ0n) is 14.8. The SMILES string of the molecule is CCCN(CCC)c1ccc(C(=O)Nc2ccccc2C(F)(F)F)cn1. The summed E-state index contributed by atoms with van der Waals surface area (Å²) in [6.07, 6.45) is -1.21. The number of amides is 1. The molecular weight excluding hydrogens is 343 g/mol.